The van der Waals surface area contributed by atoms with Gasteiger partial charge in [-0.1, -0.05) is 29.8 Å². The molecule has 0 saturated heterocycles. The molecule has 0 radical (unpaired) electrons. The van der Waals surface area contributed by atoms with Crippen molar-refractivity contribution in [3.05, 3.63) is 59.0 Å². The van der Waals surface area contributed by atoms with Crippen LogP contribution in [-0.2, 0) is 10.4 Å². The van der Waals surface area contributed by atoms with Crippen molar-refractivity contribution >= 4 is 11.7 Å². The van der Waals surface area contributed by atoms with Gasteiger partial charge in [0.1, 0.15) is 17.1 Å². The van der Waals surface area contributed by atoms with Gasteiger partial charge in [0.05, 0.1) is 6.54 Å². The van der Waals surface area contributed by atoms with E-state index in [0.29, 0.717) is 17.1 Å². The molecule has 2 aromatic rings. The number of nitrogens with one attached hydrogen (secondary N) is 1. The van der Waals surface area contributed by atoms with Crippen molar-refractivity contribution in [2.24, 2.45) is 0 Å². The van der Waals surface area contributed by atoms with Crippen LogP contribution in [0.4, 0.5) is 0 Å². The van der Waals surface area contributed by atoms with E-state index in [1.165, 1.54) is 6.92 Å². The summed E-state index contributed by atoms with van der Waals surface area (Å²) in [6.07, 6.45) is 0. The number of carbonyl (C=O) groups excluding carboxylic acids is 2. The van der Waals surface area contributed by atoms with Crippen molar-refractivity contribution in [1.82, 2.24) is 5.32 Å². The lowest BCUT2D eigenvalue weighted by Gasteiger charge is -2.21. The fraction of sp³-hybridized carbons (Fsp3) is 0.294. The molecule has 1 atom stereocenters. The Labute approximate surface area is 129 Å². The van der Waals surface area contributed by atoms with Gasteiger partial charge in [-0.25, -0.2) is 0 Å². The molecule has 2 N–H and O–H groups in total. The molecule has 0 fully saturated rings. The van der Waals surface area contributed by atoms with Crippen LogP contribution < -0.4 is 5.32 Å². The van der Waals surface area contributed by atoms with E-state index in [0.717, 1.165) is 5.56 Å². The monoisotopic (exact) mass is 301 g/mol. The first-order chi connectivity index (χ1) is 10.3. The summed E-state index contributed by atoms with van der Waals surface area (Å²) in [7, 11) is 0. The highest BCUT2D eigenvalue weighted by molar-refractivity contribution is 6.42. The van der Waals surface area contributed by atoms with Crippen LogP contribution in [0.5, 0.6) is 0 Å². The Morgan fingerprint density at radius 2 is 1.77 bits per heavy atom. The molecule has 2 rings (SSSR count). The van der Waals surface area contributed by atoms with Crippen LogP contribution in [0, 0.1) is 13.8 Å². The molecule has 0 spiro atoms. The number of aliphatic hydroxyl groups is 1. The molecule has 1 aromatic heterocycles. The molecular weight excluding hydrogens is 282 g/mol. The van der Waals surface area contributed by atoms with Gasteiger partial charge in [0, 0.05) is 5.56 Å². The van der Waals surface area contributed by atoms with Crippen molar-refractivity contribution in [2.75, 3.05) is 6.54 Å². The number of amides is 1. The minimum absolute atomic E-state index is 0.115. The van der Waals surface area contributed by atoms with Crippen LogP contribution in [0.2, 0.25) is 0 Å². The van der Waals surface area contributed by atoms with E-state index in [2.05, 4.69) is 5.32 Å². The first kappa shape index (κ1) is 16.0. The third-order valence-electron chi connectivity index (χ3n) is 3.38. The molecule has 1 heterocycles. The molecule has 1 amide bonds. The Balaban J connectivity index is 2.00. The molecule has 0 aliphatic rings. The van der Waals surface area contributed by atoms with Gasteiger partial charge in [0.2, 0.25) is 5.78 Å². The van der Waals surface area contributed by atoms with E-state index in [1.807, 2.05) is 6.92 Å². The number of ketones is 1. The first-order valence-electron chi connectivity index (χ1n) is 6.98. The van der Waals surface area contributed by atoms with Crippen LogP contribution in [0.3, 0.4) is 0 Å². The molecule has 0 aliphatic heterocycles. The lowest BCUT2D eigenvalue weighted by Crippen LogP contribution is -2.41. The van der Waals surface area contributed by atoms with Gasteiger partial charge in [0.15, 0.2) is 0 Å². The molecule has 0 aliphatic carbocycles. The smallest absolute Gasteiger partial charge is 0.292 e. The van der Waals surface area contributed by atoms with Crippen LogP contribution >= 0.6 is 0 Å². The summed E-state index contributed by atoms with van der Waals surface area (Å²) in [5.74, 6) is -0.385. The standard InChI is InChI=1S/C17H19NO4/c1-11-4-7-13(8-5-11)15(19)16(20)18-10-17(3,21)14-9-6-12(2)22-14/h4-9,21H,10H2,1-3H3,(H,18,20). The molecule has 1 unspecified atom stereocenters. The molecular formula is C17H19NO4. The zero-order valence-electron chi connectivity index (χ0n) is 12.8. The summed E-state index contributed by atoms with van der Waals surface area (Å²) in [5, 5.41) is 12.8. The number of furan rings is 1. The predicted octanol–water partition coefficient (Wildman–Crippen LogP) is 2.10. The van der Waals surface area contributed by atoms with E-state index >= 15 is 0 Å². The average molecular weight is 301 g/mol. The number of benzene rings is 1. The van der Waals surface area contributed by atoms with E-state index < -0.39 is 17.3 Å². The second-order valence-corrected chi connectivity index (χ2v) is 5.56. The number of rotatable bonds is 5. The fourth-order valence-corrected chi connectivity index (χ4v) is 1.98. The quantitative estimate of drug-likeness (QED) is 0.655. The second kappa shape index (κ2) is 6.15. The number of hydrogen-bond acceptors (Lipinski definition) is 4. The van der Waals surface area contributed by atoms with Gasteiger partial charge in [0.25, 0.3) is 5.91 Å². The Bertz CT molecular complexity index is 683. The van der Waals surface area contributed by atoms with Gasteiger partial charge in [-0.05, 0) is 32.9 Å². The minimum atomic E-state index is -1.38. The number of hydrogen-bond donors (Lipinski definition) is 2. The number of carbonyl (C=O) groups is 2. The van der Waals surface area contributed by atoms with Crippen molar-refractivity contribution in [2.45, 2.75) is 26.4 Å². The van der Waals surface area contributed by atoms with Crippen molar-refractivity contribution < 1.29 is 19.1 Å². The average Bonchev–Trinajstić information content (AvgIpc) is 2.92. The number of Topliss-reactive ketones (excluding diaryl/α,β-unsaturated/α-hetero) is 1. The summed E-state index contributed by atoms with van der Waals surface area (Å²) >= 11 is 0. The normalized spacial score (nSPS) is 13.5. The van der Waals surface area contributed by atoms with Crippen LogP contribution in [-0.4, -0.2) is 23.3 Å². The molecule has 1 aromatic carbocycles. The Morgan fingerprint density at radius 1 is 1.14 bits per heavy atom. The first-order valence-corrected chi connectivity index (χ1v) is 6.98. The van der Waals surface area contributed by atoms with Crippen LogP contribution in [0.1, 0.15) is 34.4 Å². The molecule has 0 saturated carbocycles. The van der Waals surface area contributed by atoms with Crippen molar-refractivity contribution in [3.8, 4) is 0 Å². The maximum absolute atomic E-state index is 12.0. The summed E-state index contributed by atoms with van der Waals surface area (Å²) in [4.78, 5) is 23.9. The topological polar surface area (TPSA) is 79.5 Å². The van der Waals surface area contributed by atoms with Gasteiger partial charge in [-0.15, -0.1) is 0 Å². The molecule has 116 valence electrons. The van der Waals surface area contributed by atoms with Gasteiger partial charge in [-0.2, -0.15) is 0 Å². The van der Waals surface area contributed by atoms with Gasteiger partial charge >= 0.3 is 0 Å². The van der Waals surface area contributed by atoms with E-state index in [9.17, 15) is 14.7 Å². The Hall–Kier alpha value is -2.40. The summed E-state index contributed by atoms with van der Waals surface area (Å²) in [6, 6.07) is 10.1. The molecule has 0 bridgehead atoms. The third kappa shape index (κ3) is 3.62. The molecule has 22 heavy (non-hydrogen) atoms. The third-order valence-corrected chi connectivity index (χ3v) is 3.38. The van der Waals surface area contributed by atoms with Gasteiger partial charge in [-0.3, -0.25) is 9.59 Å². The predicted molar refractivity (Wildman–Crippen MR) is 81.5 cm³/mol. The van der Waals surface area contributed by atoms with Gasteiger partial charge < -0.3 is 14.8 Å². The summed E-state index contributed by atoms with van der Waals surface area (Å²) in [5.41, 5.74) is -0.0537. The van der Waals surface area contributed by atoms with Crippen molar-refractivity contribution in [3.63, 3.8) is 0 Å². The largest absolute Gasteiger partial charge is 0.463 e. The molecule has 5 nitrogen and oxygen atoms in total. The lowest BCUT2D eigenvalue weighted by molar-refractivity contribution is -0.118. The SMILES string of the molecule is Cc1ccc(C(=O)C(=O)NCC(C)(O)c2ccc(C)o2)cc1. The highest BCUT2D eigenvalue weighted by Gasteiger charge is 2.28. The Morgan fingerprint density at radius 3 is 2.32 bits per heavy atom. The molecule has 5 heteroatoms. The van der Waals surface area contributed by atoms with Crippen molar-refractivity contribution in [1.29, 1.82) is 0 Å². The highest BCUT2D eigenvalue weighted by atomic mass is 16.4. The Kier molecular flexibility index (Phi) is 4.47. The zero-order chi connectivity index (χ0) is 16.3. The number of aryl methyl sites for hydroxylation is 2. The van der Waals surface area contributed by atoms with E-state index in [1.54, 1.807) is 43.3 Å². The minimum Gasteiger partial charge on any atom is -0.463 e. The zero-order valence-corrected chi connectivity index (χ0v) is 12.8. The lowest BCUT2D eigenvalue weighted by atomic mass is 10.0. The van der Waals surface area contributed by atoms with E-state index in [-0.39, 0.29) is 6.54 Å². The maximum atomic E-state index is 12.0. The van der Waals surface area contributed by atoms with E-state index in [4.69, 9.17) is 4.42 Å². The second-order valence-electron chi connectivity index (χ2n) is 5.56. The van der Waals surface area contributed by atoms with Crippen LogP contribution in [0.25, 0.3) is 0 Å². The maximum Gasteiger partial charge on any atom is 0.292 e. The summed E-state index contributed by atoms with van der Waals surface area (Å²) in [6.45, 7) is 5.06. The summed E-state index contributed by atoms with van der Waals surface area (Å²) < 4.78 is 5.35. The fourth-order valence-electron chi connectivity index (χ4n) is 1.98. The van der Waals surface area contributed by atoms with Crippen LogP contribution in [0.15, 0.2) is 40.8 Å². The highest BCUT2D eigenvalue weighted by Crippen LogP contribution is 2.21.